The summed E-state index contributed by atoms with van der Waals surface area (Å²) >= 11 is 0. The van der Waals surface area contributed by atoms with Gasteiger partial charge in [0.2, 0.25) is 5.95 Å². The van der Waals surface area contributed by atoms with Crippen LogP contribution in [0.3, 0.4) is 0 Å². The molecule has 0 aromatic carbocycles. The van der Waals surface area contributed by atoms with Crippen LogP contribution in [0.5, 0.6) is 0 Å². The van der Waals surface area contributed by atoms with Gasteiger partial charge in [0.15, 0.2) is 5.82 Å². The number of hydrogen-bond acceptors (Lipinski definition) is 5. The number of hydrazine groups is 1. The Labute approximate surface area is 93.2 Å². The van der Waals surface area contributed by atoms with Crippen LogP contribution in [0.15, 0.2) is 4.79 Å². The van der Waals surface area contributed by atoms with E-state index in [4.69, 9.17) is 0 Å². The van der Waals surface area contributed by atoms with Crippen molar-refractivity contribution in [3.05, 3.63) is 15.9 Å². The van der Waals surface area contributed by atoms with Crippen molar-refractivity contribution in [2.24, 2.45) is 0 Å². The highest BCUT2D eigenvalue weighted by Crippen LogP contribution is 2.24. The highest BCUT2D eigenvalue weighted by atomic mass is 16.1. The second-order valence-electron chi connectivity index (χ2n) is 4.42. The van der Waals surface area contributed by atoms with Gasteiger partial charge in [-0.05, 0) is 13.8 Å². The van der Waals surface area contributed by atoms with Gasteiger partial charge < -0.3 is 5.32 Å². The van der Waals surface area contributed by atoms with Crippen molar-refractivity contribution in [1.29, 1.82) is 0 Å². The molecule has 0 atom stereocenters. The minimum Gasteiger partial charge on any atom is -0.354 e. The Morgan fingerprint density at radius 3 is 3.00 bits per heavy atom. The van der Waals surface area contributed by atoms with Crippen LogP contribution in [0.4, 0.5) is 11.8 Å². The van der Waals surface area contributed by atoms with Crippen LogP contribution in [-0.4, -0.2) is 22.1 Å². The topological polar surface area (TPSA) is 62.2 Å². The molecule has 3 heterocycles. The molecule has 6 nitrogen and oxygen atoms in total. The third kappa shape index (κ3) is 1.16. The molecule has 86 valence electrons. The van der Waals surface area contributed by atoms with Crippen molar-refractivity contribution in [3.63, 3.8) is 0 Å². The molecule has 0 spiro atoms. The van der Waals surface area contributed by atoms with E-state index >= 15 is 0 Å². The summed E-state index contributed by atoms with van der Waals surface area (Å²) in [5, 5.41) is 5.08. The molecule has 16 heavy (non-hydrogen) atoms. The minimum absolute atomic E-state index is 0.0839. The molecule has 0 saturated heterocycles. The Hall–Kier alpha value is -1.56. The molecule has 3 rings (SSSR count). The van der Waals surface area contributed by atoms with Gasteiger partial charge >= 0.3 is 0 Å². The lowest BCUT2D eigenvalue weighted by atomic mass is 10.3. The summed E-state index contributed by atoms with van der Waals surface area (Å²) in [6.45, 7) is 6.24. The molecule has 0 radical (unpaired) electrons. The average Bonchev–Trinajstić information content (AvgIpc) is 2.83. The monoisotopic (exact) mass is 221 g/mol. The average molecular weight is 221 g/mol. The minimum atomic E-state index is 0.0839. The quantitative estimate of drug-likeness (QED) is 0.693. The van der Waals surface area contributed by atoms with E-state index in [1.54, 1.807) is 4.57 Å². The smallest absolute Gasteiger partial charge is 0.261 e. The highest BCUT2D eigenvalue weighted by molar-refractivity contribution is 5.53. The first-order valence-electron chi connectivity index (χ1n) is 5.59. The van der Waals surface area contributed by atoms with E-state index in [-0.39, 0.29) is 11.6 Å². The SMILES string of the molecule is CC(C)N1NCc2c1nc1n(c2=O)CCN1. The van der Waals surface area contributed by atoms with Crippen molar-refractivity contribution in [2.45, 2.75) is 33.0 Å². The maximum absolute atomic E-state index is 12.1. The van der Waals surface area contributed by atoms with Crippen LogP contribution >= 0.6 is 0 Å². The van der Waals surface area contributed by atoms with E-state index in [1.807, 2.05) is 5.01 Å². The molecule has 0 aliphatic carbocycles. The van der Waals surface area contributed by atoms with Gasteiger partial charge in [-0.15, -0.1) is 0 Å². The second kappa shape index (κ2) is 3.21. The number of nitrogens with one attached hydrogen (secondary N) is 2. The van der Waals surface area contributed by atoms with E-state index in [9.17, 15) is 4.79 Å². The number of nitrogens with zero attached hydrogens (tertiary/aromatic N) is 3. The molecule has 2 N–H and O–H groups in total. The first-order chi connectivity index (χ1) is 7.68. The zero-order chi connectivity index (χ0) is 11.3. The van der Waals surface area contributed by atoms with Gasteiger partial charge in [0.05, 0.1) is 5.56 Å². The lowest BCUT2D eigenvalue weighted by Gasteiger charge is -2.22. The van der Waals surface area contributed by atoms with E-state index in [1.165, 1.54) is 0 Å². The summed E-state index contributed by atoms with van der Waals surface area (Å²) < 4.78 is 1.71. The van der Waals surface area contributed by atoms with Crippen LogP contribution in [0.1, 0.15) is 19.4 Å². The van der Waals surface area contributed by atoms with E-state index in [0.29, 0.717) is 12.5 Å². The third-order valence-electron chi connectivity index (χ3n) is 3.03. The largest absolute Gasteiger partial charge is 0.354 e. The zero-order valence-electron chi connectivity index (χ0n) is 9.45. The van der Waals surface area contributed by atoms with Gasteiger partial charge in [-0.1, -0.05) is 0 Å². The van der Waals surface area contributed by atoms with Crippen LogP contribution in [0.2, 0.25) is 0 Å². The zero-order valence-corrected chi connectivity index (χ0v) is 9.45. The van der Waals surface area contributed by atoms with Crippen LogP contribution in [0, 0.1) is 0 Å². The molecule has 1 aromatic heterocycles. The summed E-state index contributed by atoms with van der Waals surface area (Å²) in [5.41, 5.74) is 4.06. The molecule has 0 fully saturated rings. The summed E-state index contributed by atoms with van der Waals surface area (Å²) in [5.74, 6) is 1.47. The number of rotatable bonds is 1. The van der Waals surface area contributed by atoms with Crippen LogP contribution in [-0.2, 0) is 13.1 Å². The maximum Gasteiger partial charge on any atom is 0.261 e. The molecule has 0 saturated carbocycles. The first kappa shape index (κ1) is 9.65. The third-order valence-corrected chi connectivity index (χ3v) is 3.03. The number of aromatic nitrogens is 2. The van der Waals surface area contributed by atoms with Gasteiger partial charge in [0, 0.05) is 25.7 Å². The fourth-order valence-electron chi connectivity index (χ4n) is 2.22. The predicted octanol–water partition coefficient (Wildman–Crippen LogP) is -0.0982. The number of anilines is 2. The van der Waals surface area contributed by atoms with Gasteiger partial charge in [0.1, 0.15) is 0 Å². The molecule has 2 aliphatic heterocycles. The van der Waals surface area contributed by atoms with Crippen molar-refractivity contribution in [3.8, 4) is 0 Å². The molecule has 0 amide bonds. The molecule has 0 unspecified atom stereocenters. The maximum atomic E-state index is 12.1. The van der Waals surface area contributed by atoms with Crippen LogP contribution in [0.25, 0.3) is 0 Å². The molecule has 0 bridgehead atoms. The Morgan fingerprint density at radius 1 is 1.44 bits per heavy atom. The standard InChI is InChI=1S/C10H15N5O/c1-6(2)15-8-7(5-12-15)9(16)14-4-3-11-10(14)13-8/h6,12H,3-5H2,1-2H3,(H,11,13). The van der Waals surface area contributed by atoms with Gasteiger partial charge in [0.25, 0.3) is 5.56 Å². The summed E-state index contributed by atoms with van der Waals surface area (Å²) in [6.07, 6.45) is 0. The van der Waals surface area contributed by atoms with Crippen molar-refractivity contribution in [1.82, 2.24) is 15.0 Å². The number of hydrogen-bond donors (Lipinski definition) is 2. The Balaban J connectivity index is 2.18. The van der Waals surface area contributed by atoms with Gasteiger partial charge in [-0.3, -0.25) is 14.4 Å². The lowest BCUT2D eigenvalue weighted by Crippen LogP contribution is -2.38. The summed E-state index contributed by atoms with van der Waals surface area (Å²) in [6, 6.07) is 0.289. The van der Waals surface area contributed by atoms with E-state index < -0.39 is 0 Å². The Kier molecular flexibility index (Phi) is 1.94. The number of fused-ring (bicyclic) bond motifs is 2. The summed E-state index contributed by atoms with van der Waals surface area (Å²) in [7, 11) is 0. The molecule has 1 aromatic rings. The normalized spacial score (nSPS) is 17.6. The molecule has 2 aliphatic rings. The fraction of sp³-hybridized carbons (Fsp3) is 0.600. The van der Waals surface area contributed by atoms with Crippen molar-refractivity contribution in [2.75, 3.05) is 16.9 Å². The van der Waals surface area contributed by atoms with Crippen molar-refractivity contribution < 1.29 is 0 Å². The Morgan fingerprint density at radius 2 is 2.25 bits per heavy atom. The van der Waals surface area contributed by atoms with E-state index in [2.05, 4.69) is 29.6 Å². The Bertz CT molecular complexity index is 493. The fourth-order valence-corrected chi connectivity index (χ4v) is 2.22. The predicted molar refractivity (Wildman–Crippen MR) is 61.4 cm³/mol. The second-order valence-corrected chi connectivity index (χ2v) is 4.42. The molecular weight excluding hydrogens is 206 g/mol. The van der Waals surface area contributed by atoms with E-state index in [0.717, 1.165) is 24.5 Å². The van der Waals surface area contributed by atoms with Gasteiger partial charge in [-0.25, -0.2) is 5.43 Å². The molecule has 6 heteroatoms. The molecular formula is C10H15N5O. The summed E-state index contributed by atoms with van der Waals surface area (Å²) in [4.78, 5) is 16.6. The van der Waals surface area contributed by atoms with Crippen LogP contribution < -0.4 is 21.3 Å². The first-order valence-corrected chi connectivity index (χ1v) is 5.59. The van der Waals surface area contributed by atoms with Gasteiger partial charge in [-0.2, -0.15) is 4.98 Å². The lowest BCUT2D eigenvalue weighted by molar-refractivity contribution is 0.592. The van der Waals surface area contributed by atoms with Crippen molar-refractivity contribution >= 4 is 11.8 Å². The highest BCUT2D eigenvalue weighted by Gasteiger charge is 2.29.